The second kappa shape index (κ2) is 7.58. The maximum Gasteiger partial charge on any atom is 0.119 e. The van der Waals surface area contributed by atoms with Crippen LogP contribution in [0.1, 0.15) is 30.9 Å². The van der Waals surface area contributed by atoms with Crippen molar-refractivity contribution in [2.24, 2.45) is 10.2 Å². The standard InChI is InChI=1S/C18H22N2O/c1-4-5-11-21-17-12-14(2)18(15(3)13-17)20-19-16-9-7-6-8-10-16/h6-10,12-13H,4-5,11H2,1-3H3. The van der Waals surface area contributed by atoms with Crippen LogP contribution in [0.25, 0.3) is 0 Å². The fourth-order valence-corrected chi connectivity index (χ4v) is 2.09. The lowest BCUT2D eigenvalue weighted by Gasteiger charge is -2.10. The molecule has 0 aliphatic rings. The normalized spacial score (nSPS) is 11.0. The average Bonchev–Trinajstić information content (AvgIpc) is 2.48. The molecule has 0 aliphatic carbocycles. The summed E-state index contributed by atoms with van der Waals surface area (Å²) in [6, 6.07) is 13.8. The highest BCUT2D eigenvalue weighted by Crippen LogP contribution is 2.30. The van der Waals surface area contributed by atoms with Gasteiger partial charge in [-0.25, -0.2) is 0 Å². The molecule has 0 amide bonds. The molecule has 2 aromatic rings. The third kappa shape index (κ3) is 4.42. The molecule has 0 radical (unpaired) electrons. The number of nitrogens with zero attached hydrogens (tertiary/aromatic N) is 2. The highest BCUT2D eigenvalue weighted by atomic mass is 16.5. The number of hydrogen-bond donors (Lipinski definition) is 0. The van der Waals surface area contributed by atoms with E-state index in [0.717, 1.165) is 47.7 Å². The van der Waals surface area contributed by atoms with E-state index in [9.17, 15) is 0 Å². The number of azo groups is 1. The molecule has 0 aromatic heterocycles. The van der Waals surface area contributed by atoms with Gasteiger partial charge in [-0.05, 0) is 55.7 Å². The molecule has 110 valence electrons. The quantitative estimate of drug-likeness (QED) is 0.480. The first-order chi connectivity index (χ1) is 10.2. The van der Waals surface area contributed by atoms with E-state index in [4.69, 9.17) is 4.74 Å². The van der Waals surface area contributed by atoms with Crippen LogP contribution < -0.4 is 4.74 Å². The maximum absolute atomic E-state index is 5.75. The van der Waals surface area contributed by atoms with Crippen molar-refractivity contribution in [2.45, 2.75) is 33.6 Å². The van der Waals surface area contributed by atoms with Crippen molar-refractivity contribution in [3.8, 4) is 5.75 Å². The molecule has 3 nitrogen and oxygen atoms in total. The number of benzene rings is 2. The summed E-state index contributed by atoms with van der Waals surface area (Å²) in [5, 5.41) is 8.67. The zero-order valence-corrected chi connectivity index (χ0v) is 13.0. The van der Waals surface area contributed by atoms with Crippen molar-refractivity contribution in [3.05, 3.63) is 53.6 Å². The van der Waals surface area contributed by atoms with Crippen molar-refractivity contribution in [1.82, 2.24) is 0 Å². The maximum atomic E-state index is 5.75. The molecule has 0 bridgehead atoms. The lowest BCUT2D eigenvalue weighted by Crippen LogP contribution is -1.97. The molecule has 21 heavy (non-hydrogen) atoms. The monoisotopic (exact) mass is 282 g/mol. The molecule has 0 saturated carbocycles. The molecule has 0 unspecified atom stereocenters. The second-order valence-corrected chi connectivity index (χ2v) is 5.14. The van der Waals surface area contributed by atoms with E-state index in [2.05, 4.69) is 17.2 Å². The van der Waals surface area contributed by atoms with Crippen LogP contribution in [-0.4, -0.2) is 6.61 Å². The van der Waals surface area contributed by atoms with Crippen LogP contribution in [0.15, 0.2) is 52.7 Å². The summed E-state index contributed by atoms with van der Waals surface area (Å²) in [6.45, 7) is 7.01. The topological polar surface area (TPSA) is 34.0 Å². The van der Waals surface area contributed by atoms with Gasteiger partial charge < -0.3 is 4.74 Å². The second-order valence-electron chi connectivity index (χ2n) is 5.14. The molecule has 3 heteroatoms. The molecular weight excluding hydrogens is 260 g/mol. The van der Waals surface area contributed by atoms with E-state index in [-0.39, 0.29) is 0 Å². The van der Waals surface area contributed by atoms with E-state index in [1.165, 1.54) is 0 Å². The van der Waals surface area contributed by atoms with Crippen LogP contribution in [-0.2, 0) is 0 Å². The first-order valence-corrected chi connectivity index (χ1v) is 7.41. The Bertz CT molecular complexity index is 583. The summed E-state index contributed by atoms with van der Waals surface area (Å²) in [5.41, 5.74) is 3.95. The number of rotatable bonds is 6. The van der Waals surface area contributed by atoms with Gasteiger partial charge in [0.05, 0.1) is 18.0 Å². The van der Waals surface area contributed by atoms with Crippen LogP contribution in [0.2, 0.25) is 0 Å². The third-order valence-electron chi connectivity index (χ3n) is 3.25. The van der Waals surface area contributed by atoms with Gasteiger partial charge in [-0.1, -0.05) is 31.5 Å². The van der Waals surface area contributed by atoms with Gasteiger partial charge in [0.25, 0.3) is 0 Å². The van der Waals surface area contributed by atoms with Crippen LogP contribution in [0, 0.1) is 13.8 Å². The predicted octanol–water partition coefficient (Wildman–Crippen LogP) is 5.90. The van der Waals surface area contributed by atoms with Gasteiger partial charge in [0.15, 0.2) is 0 Å². The Labute approximate surface area is 126 Å². The highest BCUT2D eigenvalue weighted by Gasteiger charge is 2.05. The van der Waals surface area contributed by atoms with E-state index in [1.54, 1.807) is 0 Å². The van der Waals surface area contributed by atoms with E-state index in [0.29, 0.717) is 0 Å². The van der Waals surface area contributed by atoms with Gasteiger partial charge in [-0.15, -0.1) is 0 Å². The molecular formula is C18H22N2O. The molecule has 0 heterocycles. The van der Waals surface area contributed by atoms with E-state index < -0.39 is 0 Å². The zero-order valence-electron chi connectivity index (χ0n) is 13.0. The molecule has 0 saturated heterocycles. The minimum Gasteiger partial charge on any atom is -0.494 e. The molecule has 0 atom stereocenters. The van der Waals surface area contributed by atoms with Gasteiger partial charge in [0.2, 0.25) is 0 Å². The highest BCUT2D eigenvalue weighted by molar-refractivity contribution is 5.55. The summed E-state index contributed by atoms with van der Waals surface area (Å²) in [4.78, 5) is 0. The van der Waals surface area contributed by atoms with Crippen molar-refractivity contribution in [3.63, 3.8) is 0 Å². The van der Waals surface area contributed by atoms with Crippen LogP contribution in [0.4, 0.5) is 11.4 Å². The number of ether oxygens (including phenoxy) is 1. The minimum atomic E-state index is 0.764. The Hall–Kier alpha value is -2.16. The fraction of sp³-hybridized carbons (Fsp3) is 0.333. The first-order valence-electron chi connectivity index (χ1n) is 7.41. The van der Waals surface area contributed by atoms with Crippen LogP contribution >= 0.6 is 0 Å². The van der Waals surface area contributed by atoms with Crippen LogP contribution in [0.3, 0.4) is 0 Å². The van der Waals surface area contributed by atoms with Gasteiger partial charge in [0.1, 0.15) is 5.75 Å². The number of hydrogen-bond acceptors (Lipinski definition) is 3. The van der Waals surface area contributed by atoms with Crippen LogP contribution in [0.5, 0.6) is 5.75 Å². The molecule has 0 spiro atoms. The van der Waals surface area contributed by atoms with E-state index in [1.807, 2.05) is 56.3 Å². The number of aryl methyl sites for hydroxylation is 2. The van der Waals surface area contributed by atoms with E-state index >= 15 is 0 Å². The Morgan fingerprint density at radius 3 is 2.24 bits per heavy atom. The Kier molecular flexibility index (Phi) is 5.50. The molecule has 2 rings (SSSR count). The largest absolute Gasteiger partial charge is 0.494 e. The SMILES string of the molecule is CCCCOc1cc(C)c(N=Nc2ccccc2)c(C)c1. The summed E-state index contributed by atoms with van der Waals surface area (Å²) >= 11 is 0. The fourth-order valence-electron chi connectivity index (χ4n) is 2.09. The summed E-state index contributed by atoms with van der Waals surface area (Å²) in [5.74, 6) is 0.914. The number of unbranched alkanes of at least 4 members (excludes halogenated alkanes) is 1. The Morgan fingerprint density at radius 2 is 1.62 bits per heavy atom. The van der Waals surface area contributed by atoms with Crippen molar-refractivity contribution < 1.29 is 4.74 Å². The Morgan fingerprint density at radius 1 is 0.952 bits per heavy atom. The van der Waals surface area contributed by atoms with Gasteiger partial charge in [-0.3, -0.25) is 0 Å². The lowest BCUT2D eigenvalue weighted by atomic mass is 10.1. The summed E-state index contributed by atoms with van der Waals surface area (Å²) < 4.78 is 5.75. The third-order valence-corrected chi connectivity index (χ3v) is 3.25. The zero-order chi connectivity index (χ0) is 15.1. The molecule has 0 aliphatic heterocycles. The van der Waals surface area contributed by atoms with Crippen molar-refractivity contribution in [1.29, 1.82) is 0 Å². The first kappa shape index (κ1) is 15.2. The average molecular weight is 282 g/mol. The predicted molar refractivity (Wildman–Crippen MR) is 86.9 cm³/mol. The van der Waals surface area contributed by atoms with Crippen molar-refractivity contribution in [2.75, 3.05) is 6.61 Å². The summed E-state index contributed by atoms with van der Waals surface area (Å²) in [6.07, 6.45) is 2.22. The smallest absolute Gasteiger partial charge is 0.119 e. The lowest BCUT2D eigenvalue weighted by molar-refractivity contribution is 0.309. The Balaban J connectivity index is 2.15. The minimum absolute atomic E-state index is 0.764. The van der Waals surface area contributed by atoms with Gasteiger partial charge in [0, 0.05) is 0 Å². The molecule has 0 N–H and O–H groups in total. The van der Waals surface area contributed by atoms with Gasteiger partial charge in [-0.2, -0.15) is 10.2 Å². The molecule has 0 fully saturated rings. The molecule has 2 aromatic carbocycles. The van der Waals surface area contributed by atoms with Crippen molar-refractivity contribution >= 4 is 11.4 Å². The summed E-state index contributed by atoms with van der Waals surface area (Å²) in [7, 11) is 0. The van der Waals surface area contributed by atoms with Gasteiger partial charge >= 0.3 is 0 Å².